The Bertz CT molecular complexity index is 761. The highest BCUT2D eigenvalue weighted by Crippen LogP contribution is 2.21. The summed E-state index contributed by atoms with van der Waals surface area (Å²) in [5.41, 5.74) is 0. The number of nitrogens with zero attached hydrogens (tertiary/aromatic N) is 2. The molecule has 6 nitrogen and oxygen atoms in total. The molecule has 1 unspecified atom stereocenters. The van der Waals surface area contributed by atoms with Crippen LogP contribution in [0.15, 0.2) is 29.2 Å². The molecule has 1 aromatic carbocycles. The van der Waals surface area contributed by atoms with Crippen molar-refractivity contribution in [2.75, 3.05) is 26.2 Å². The smallest absolute Gasteiger partial charge is 0.240 e. The molecule has 2 fully saturated rings. The number of nitrogens with one attached hydrogen (secondary N) is 1. The molecule has 2 aliphatic heterocycles. The number of piperidine rings is 2. The summed E-state index contributed by atoms with van der Waals surface area (Å²) in [4.78, 5) is 16.9. The molecule has 2 saturated heterocycles. The summed E-state index contributed by atoms with van der Waals surface area (Å²) < 4.78 is 40.6. The Morgan fingerprint density at radius 2 is 1.79 bits per heavy atom. The molecular weight excluding hydrogens is 381 g/mol. The zero-order valence-electron chi connectivity index (χ0n) is 16.4. The fourth-order valence-electron chi connectivity index (χ4n) is 4.15. The Labute approximate surface area is 167 Å². The second kappa shape index (κ2) is 9.33. The predicted molar refractivity (Wildman–Crippen MR) is 106 cm³/mol. The van der Waals surface area contributed by atoms with Gasteiger partial charge in [0, 0.05) is 31.7 Å². The van der Waals surface area contributed by atoms with Crippen molar-refractivity contribution in [2.45, 2.75) is 62.4 Å². The van der Waals surface area contributed by atoms with Crippen molar-refractivity contribution in [3.8, 4) is 0 Å². The number of rotatable bonds is 6. The maximum Gasteiger partial charge on any atom is 0.240 e. The summed E-state index contributed by atoms with van der Waals surface area (Å²) in [5, 5.41) is 0. The molecule has 1 N–H and O–H groups in total. The molecule has 1 aromatic rings. The van der Waals surface area contributed by atoms with Crippen molar-refractivity contribution in [1.82, 2.24) is 14.5 Å². The van der Waals surface area contributed by atoms with E-state index >= 15 is 0 Å². The summed E-state index contributed by atoms with van der Waals surface area (Å²) in [7, 11) is -3.66. The molecule has 0 saturated carbocycles. The van der Waals surface area contributed by atoms with Crippen molar-refractivity contribution in [3.05, 3.63) is 30.1 Å². The Kier molecular flexibility index (Phi) is 7.06. The van der Waals surface area contributed by atoms with Crippen LogP contribution in [-0.2, 0) is 14.8 Å². The summed E-state index contributed by atoms with van der Waals surface area (Å²) >= 11 is 0. The van der Waals surface area contributed by atoms with Gasteiger partial charge >= 0.3 is 0 Å². The molecule has 2 heterocycles. The van der Waals surface area contributed by atoms with Gasteiger partial charge in [-0.25, -0.2) is 17.5 Å². The Hall–Kier alpha value is -1.51. The number of carbonyl (C=O) groups is 1. The largest absolute Gasteiger partial charge is 0.339 e. The third-order valence-corrected chi connectivity index (χ3v) is 7.35. The van der Waals surface area contributed by atoms with Crippen LogP contribution in [0.3, 0.4) is 0 Å². The van der Waals surface area contributed by atoms with Gasteiger partial charge in [-0.2, -0.15) is 0 Å². The first-order chi connectivity index (χ1) is 13.4. The molecule has 2 aliphatic rings. The van der Waals surface area contributed by atoms with Gasteiger partial charge in [-0.05, 0) is 62.8 Å². The molecule has 0 aliphatic carbocycles. The van der Waals surface area contributed by atoms with Crippen molar-refractivity contribution in [2.24, 2.45) is 0 Å². The topological polar surface area (TPSA) is 69.7 Å². The average Bonchev–Trinajstić information content (AvgIpc) is 2.69. The number of sulfonamides is 1. The molecule has 28 heavy (non-hydrogen) atoms. The normalized spacial score (nSPS) is 22.4. The Morgan fingerprint density at radius 3 is 2.43 bits per heavy atom. The lowest BCUT2D eigenvalue weighted by Gasteiger charge is -2.38. The van der Waals surface area contributed by atoms with Gasteiger partial charge in [-0.3, -0.25) is 9.69 Å². The highest BCUT2D eigenvalue weighted by molar-refractivity contribution is 7.89. The zero-order chi connectivity index (χ0) is 20.1. The molecule has 1 atom stereocenters. The third-order valence-electron chi connectivity index (χ3n) is 5.81. The van der Waals surface area contributed by atoms with Crippen LogP contribution in [0.4, 0.5) is 4.39 Å². The van der Waals surface area contributed by atoms with Crippen molar-refractivity contribution < 1.29 is 17.6 Å². The summed E-state index contributed by atoms with van der Waals surface area (Å²) in [6.45, 7) is 4.77. The molecular formula is C20H30FN3O3S. The van der Waals surface area contributed by atoms with Crippen LogP contribution in [0, 0.1) is 5.82 Å². The van der Waals surface area contributed by atoms with Gasteiger partial charge in [-0.1, -0.05) is 6.92 Å². The van der Waals surface area contributed by atoms with Gasteiger partial charge in [0.2, 0.25) is 15.9 Å². The summed E-state index contributed by atoms with van der Waals surface area (Å²) in [6, 6.07) is 5.03. The maximum absolute atomic E-state index is 13.0. The van der Waals surface area contributed by atoms with E-state index < -0.39 is 15.8 Å². The molecule has 0 spiro atoms. The van der Waals surface area contributed by atoms with E-state index in [4.69, 9.17) is 0 Å². The summed E-state index contributed by atoms with van der Waals surface area (Å²) in [5.74, 6) is -0.271. The van der Waals surface area contributed by atoms with Crippen LogP contribution in [-0.4, -0.2) is 62.4 Å². The van der Waals surface area contributed by atoms with Crippen LogP contribution in [0.5, 0.6) is 0 Å². The van der Waals surface area contributed by atoms with Gasteiger partial charge in [-0.15, -0.1) is 0 Å². The number of amides is 1. The van der Waals surface area contributed by atoms with Gasteiger partial charge in [0.1, 0.15) is 5.82 Å². The highest BCUT2D eigenvalue weighted by Gasteiger charge is 2.29. The molecule has 0 aromatic heterocycles. The third kappa shape index (κ3) is 5.30. The number of halogens is 1. The lowest BCUT2D eigenvalue weighted by molar-refractivity contribution is -0.136. The molecule has 8 heteroatoms. The van der Waals surface area contributed by atoms with E-state index in [-0.39, 0.29) is 16.8 Å². The summed E-state index contributed by atoms with van der Waals surface area (Å²) in [6.07, 6.45) is 5.68. The quantitative estimate of drug-likeness (QED) is 0.780. The van der Waals surface area contributed by atoms with Gasteiger partial charge < -0.3 is 4.90 Å². The van der Waals surface area contributed by atoms with E-state index in [1.165, 1.54) is 18.6 Å². The van der Waals surface area contributed by atoms with Crippen LogP contribution < -0.4 is 4.72 Å². The second-order valence-corrected chi connectivity index (χ2v) is 9.48. The van der Waals surface area contributed by atoms with E-state index in [9.17, 15) is 17.6 Å². The Balaban J connectivity index is 1.49. The minimum Gasteiger partial charge on any atom is -0.339 e. The number of hydrogen-bond acceptors (Lipinski definition) is 4. The number of benzene rings is 1. The van der Waals surface area contributed by atoms with Crippen LogP contribution in [0.2, 0.25) is 0 Å². The number of likely N-dealkylation sites (tertiary alicyclic amines) is 2. The van der Waals surface area contributed by atoms with Gasteiger partial charge in [0.15, 0.2) is 0 Å². The lowest BCUT2D eigenvalue weighted by Crippen LogP contribution is -2.50. The monoisotopic (exact) mass is 411 g/mol. The van der Waals surface area contributed by atoms with Crippen LogP contribution in [0.25, 0.3) is 0 Å². The Morgan fingerprint density at radius 1 is 1.11 bits per heavy atom. The van der Waals surface area contributed by atoms with Gasteiger partial charge in [0.25, 0.3) is 0 Å². The van der Waals surface area contributed by atoms with E-state index in [1.54, 1.807) is 0 Å². The van der Waals surface area contributed by atoms with Crippen LogP contribution >= 0.6 is 0 Å². The minimum atomic E-state index is -3.66. The molecule has 0 bridgehead atoms. The standard InChI is InChI=1S/C20H30FN3O3S/c1-2-18-5-3-4-12-24(18)20(25)15-23-13-10-17(11-14-23)22-28(26,27)19-8-6-16(21)7-9-19/h6-9,17-18,22H,2-5,10-15H2,1H3. The molecule has 1 amide bonds. The minimum absolute atomic E-state index is 0.0715. The zero-order valence-corrected chi connectivity index (χ0v) is 17.3. The van der Waals surface area contributed by atoms with Crippen molar-refractivity contribution >= 4 is 15.9 Å². The predicted octanol–water partition coefficient (Wildman–Crippen LogP) is 2.36. The van der Waals surface area contributed by atoms with Crippen molar-refractivity contribution in [1.29, 1.82) is 0 Å². The van der Waals surface area contributed by atoms with Gasteiger partial charge in [0.05, 0.1) is 11.4 Å². The fraction of sp³-hybridized carbons (Fsp3) is 0.650. The second-order valence-electron chi connectivity index (χ2n) is 7.77. The molecule has 156 valence electrons. The molecule has 3 rings (SSSR count). The first-order valence-electron chi connectivity index (χ1n) is 10.2. The van der Waals surface area contributed by atoms with E-state index in [2.05, 4.69) is 16.5 Å². The molecule has 0 radical (unpaired) electrons. The van der Waals surface area contributed by atoms with Crippen molar-refractivity contribution in [3.63, 3.8) is 0 Å². The highest BCUT2D eigenvalue weighted by atomic mass is 32.2. The van der Waals surface area contributed by atoms with E-state index in [0.717, 1.165) is 37.9 Å². The van der Waals surface area contributed by atoms with Crippen LogP contribution in [0.1, 0.15) is 45.4 Å². The number of carbonyl (C=O) groups excluding carboxylic acids is 1. The first-order valence-corrected chi connectivity index (χ1v) is 11.7. The average molecular weight is 412 g/mol. The first kappa shape index (κ1) is 21.2. The fourth-order valence-corrected chi connectivity index (χ4v) is 5.45. The van der Waals surface area contributed by atoms with E-state index in [0.29, 0.717) is 38.5 Å². The number of hydrogen-bond donors (Lipinski definition) is 1. The maximum atomic E-state index is 13.0. The SMILES string of the molecule is CCC1CCCCN1C(=O)CN1CCC(NS(=O)(=O)c2ccc(F)cc2)CC1. The van der Waals surface area contributed by atoms with E-state index in [1.807, 2.05) is 4.90 Å². The lowest BCUT2D eigenvalue weighted by atomic mass is 9.99.